The van der Waals surface area contributed by atoms with Crippen molar-refractivity contribution >= 4 is 18.0 Å². The van der Waals surface area contributed by atoms with Crippen LogP contribution in [0.3, 0.4) is 0 Å². The number of urea groups is 1. The van der Waals surface area contributed by atoms with Crippen LogP contribution in [0.15, 0.2) is 24.3 Å². The van der Waals surface area contributed by atoms with E-state index >= 15 is 0 Å². The van der Waals surface area contributed by atoms with Crippen LogP contribution in [0, 0.1) is 17.2 Å². The fraction of sp³-hybridized carbons (Fsp3) is 0.412. The van der Waals surface area contributed by atoms with Gasteiger partial charge in [0.2, 0.25) is 0 Å². The summed E-state index contributed by atoms with van der Waals surface area (Å²) < 4.78 is 0. The molecule has 1 rings (SSSR count). The number of benzene rings is 1. The van der Waals surface area contributed by atoms with E-state index in [9.17, 15) is 14.4 Å². The maximum absolute atomic E-state index is 12.7. The second-order valence-electron chi connectivity index (χ2n) is 5.82. The highest BCUT2D eigenvalue weighted by atomic mass is 16.4. The van der Waals surface area contributed by atoms with Gasteiger partial charge in [-0.25, -0.2) is 9.59 Å². The second kappa shape index (κ2) is 9.93. The standard InChI is InChI=1S/C17H22N4O4/c1-12(2)6-9-21(16(23)19-8-7-18)15(22)14-5-3-4-13(10-14)11-20-17(24)25/h3-5,10,12,20H,6,8-9,11H2,1-2H3,(H,19,23)(H,24,25). The third kappa shape index (κ3) is 6.91. The number of hydrogen-bond donors (Lipinski definition) is 3. The third-order valence-electron chi connectivity index (χ3n) is 3.36. The van der Waals surface area contributed by atoms with Gasteiger partial charge >= 0.3 is 12.1 Å². The molecule has 0 unspecified atom stereocenters. The Morgan fingerprint density at radius 2 is 2.00 bits per heavy atom. The number of nitrogens with one attached hydrogen (secondary N) is 2. The lowest BCUT2D eigenvalue weighted by atomic mass is 10.1. The fourth-order valence-electron chi connectivity index (χ4n) is 2.04. The molecule has 0 saturated carbocycles. The molecule has 1 aromatic carbocycles. The fourth-order valence-corrected chi connectivity index (χ4v) is 2.04. The minimum atomic E-state index is -1.16. The van der Waals surface area contributed by atoms with Crippen molar-refractivity contribution in [3.05, 3.63) is 35.4 Å². The van der Waals surface area contributed by atoms with Crippen molar-refractivity contribution in [3.8, 4) is 6.07 Å². The minimum absolute atomic E-state index is 0.0586. The van der Waals surface area contributed by atoms with E-state index in [2.05, 4.69) is 10.6 Å². The van der Waals surface area contributed by atoms with Gasteiger partial charge in [-0.15, -0.1) is 0 Å². The Morgan fingerprint density at radius 1 is 1.28 bits per heavy atom. The van der Waals surface area contributed by atoms with Crippen molar-refractivity contribution in [1.29, 1.82) is 5.26 Å². The van der Waals surface area contributed by atoms with E-state index in [1.807, 2.05) is 13.8 Å². The van der Waals surface area contributed by atoms with Crippen LogP contribution in [0.4, 0.5) is 9.59 Å². The highest BCUT2D eigenvalue weighted by Crippen LogP contribution is 2.11. The first kappa shape index (κ1) is 20.0. The Morgan fingerprint density at radius 3 is 2.60 bits per heavy atom. The van der Waals surface area contributed by atoms with E-state index < -0.39 is 18.0 Å². The van der Waals surface area contributed by atoms with Crippen molar-refractivity contribution < 1.29 is 19.5 Å². The lowest BCUT2D eigenvalue weighted by molar-refractivity contribution is 0.0795. The van der Waals surface area contributed by atoms with Crippen LogP contribution < -0.4 is 10.6 Å². The van der Waals surface area contributed by atoms with Crippen LogP contribution in [0.2, 0.25) is 0 Å². The number of carbonyl (C=O) groups excluding carboxylic acids is 2. The van der Waals surface area contributed by atoms with Gasteiger partial charge in [0.05, 0.1) is 6.07 Å². The number of imide groups is 1. The Bertz CT molecular complexity index is 667. The topological polar surface area (TPSA) is 123 Å². The summed E-state index contributed by atoms with van der Waals surface area (Å²) in [6.07, 6.45) is -0.530. The molecule has 0 radical (unpaired) electrons. The molecule has 0 saturated heterocycles. The van der Waals surface area contributed by atoms with E-state index in [4.69, 9.17) is 10.4 Å². The second-order valence-corrected chi connectivity index (χ2v) is 5.82. The molecule has 0 aromatic heterocycles. The zero-order valence-electron chi connectivity index (χ0n) is 14.3. The van der Waals surface area contributed by atoms with Crippen molar-refractivity contribution in [2.75, 3.05) is 13.1 Å². The maximum Gasteiger partial charge on any atom is 0.404 e. The summed E-state index contributed by atoms with van der Waals surface area (Å²) in [7, 11) is 0. The normalized spacial score (nSPS) is 10.0. The van der Waals surface area contributed by atoms with Gasteiger partial charge in [0.15, 0.2) is 0 Å². The summed E-state index contributed by atoms with van der Waals surface area (Å²) in [4.78, 5) is 36.5. The van der Waals surface area contributed by atoms with Crippen LogP contribution in [0.5, 0.6) is 0 Å². The highest BCUT2D eigenvalue weighted by molar-refractivity contribution is 6.04. The summed E-state index contributed by atoms with van der Waals surface area (Å²) in [5.74, 6) is -0.196. The van der Waals surface area contributed by atoms with Crippen molar-refractivity contribution in [3.63, 3.8) is 0 Å². The van der Waals surface area contributed by atoms with Crippen molar-refractivity contribution in [2.24, 2.45) is 5.92 Å². The number of amides is 4. The van der Waals surface area contributed by atoms with Crippen LogP contribution in [-0.2, 0) is 6.54 Å². The average molecular weight is 346 g/mol. The summed E-state index contributed by atoms with van der Waals surface area (Å²) in [5, 5.41) is 21.8. The molecule has 0 bridgehead atoms. The van der Waals surface area contributed by atoms with Crippen molar-refractivity contribution in [2.45, 2.75) is 26.8 Å². The molecule has 8 nitrogen and oxygen atoms in total. The first-order chi connectivity index (χ1) is 11.8. The number of rotatable bonds is 7. The molecule has 0 aliphatic rings. The molecule has 0 heterocycles. The van der Waals surface area contributed by atoms with E-state index in [1.54, 1.807) is 24.3 Å². The molecule has 0 fully saturated rings. The number of carboxylic acid groups (broad SMARTS) is 1. The molecule has 1 aromatic rings. The molecule has 0 spiro atoms. The number of nitrogens with zero attached hydrogens (tertiary/aromatic N) is 2. The SMILES string of the molecule is CC(C)CCN(C(=O)NCC#N)C(=O)c1cccc(CNC(=O)O)c1. The predicted octanol–water partition coefficient (Wildman–Crippen LogP) is 2.18. The summed E-state index contributed by atoms with van der Waals surface area (Å²) in [6, 6.07) is 7.58. The number of hydrogen-bond acceptors (Lipinski definition) is 4. The van der Waals surface area contributed by atoms with Gasteiger partial charge in [-0.2, -0.15) is 5.26 Å². The smallest absolute Gasteiger partial charge is 0.404 e. The quantitative estimate of drug-likeness (QED) is 0.653. The minimum Gasteiger partial charge on any atom is -0.465 e. The van der Waals surface area contributed by atoms with E-state index in [0.29, 0.717) is 17.9 Å². The number of carbonyl (C=O) groups is 3. The summed E-state index contributed by atoms with van der Waals surface area (Å²) in [6.45, 7) is 4.06. The van der Waals surface area contributed by atoms with Crippen LogP contribution in [-0.4, -0.2) is 41.1 Å². The molecule has 25 heavy (non-hydrogen) atoms. The Labute approximate surface area is 146 Å². The first-order valence-corrected chi connectivity index (χ1v) is 7.87. The molecule has 0 atom stereocenters. The lowest BCUT2D eigenvalue weighted by Crippen LogP contribution is -2.44. The van der Waals surface area contributed by atoms with Gasteiger partial charge in [0.1, 0.15) is 6.54 Å². The van der Waals surface area contributed by atoms with E-state index in [-0.39, 0.29) is 25.2 Å². The van der Waals surface area contributed by atoms with Gasteiger partial charge < -0.3 is 15.7 Å². The number of nitriles is 1. The average Bonchev–Trinajstić information content (AvgIpc) is 2.58. The van der Waals surface area contributed by atoms with E-state index in [1.165, 1.54) is 6.07 Å². The molecule has 8 heteroatoms. The van der Waals surface area contributed by atoms with Gasteiger partial charge in [-0.05, 0) is 30.0 Å². The zero-order chi connectivity index (χ0) is 18.8. The molecule has 134 valence electrons. The van der Waals surface area contributed by atoms with Crippen LogP contribution >= 0.6 is 0 Å². The highest BCUT2D eigenvalue weighted by Gasteiger charge is 2.23. The van der Waals surface area contributed by atoms with Gasteiger partial charge in [0, 0.05) is 18.7 Å². The van der Waals surface area contributed by atoms with Gasteiger partial charge in [0.25, 0.3) is 5.91 Å². The molecule has 4 amide bonds. The molecule has 0 aliphatic heterocycles. The lowest BCUT2D eigenvalue weighted by Gasteiger charge is -2.22. The third-order valence-corrected chi connectivity index (χ3v) is 3.36. The van der Waals surface area contributed by atoms with Gasteiger partial charge in [-0.1, -0.05) is 26.0 Å². The predicted molar refractivity (Wildman–Crippen MR) is 90.8 cm³/mol. The molecule has 3 N–H and O–H groups in total. The maximum atomic E-state index is 12.7. The first-order valence-electron chi connectivity index (χ1n) is 7.87. The Hall–Kier alpha value is -3.08. The monoisotopic (exact) mass is 346 g/mol. The Balaban J connectivity index is 2.95. The molecule has 0 aliphatic carbocycles. The van der Waals surface area contributed by atoms with Gasteiger partial charge in [-0.3, -0.25) is 9.69 Å². The largest absolute Gasteiger partial charge is 0.465 e. The Kier molecular flexibility index (Phi) is 7.93. The molecular weight excluding hydrogens is 324 g/mol. The van der Waals surface area contributed by atoms with Crippen LogP contribution in [0.1, 0.15) is 36.2 Å². The van der Waals surface area contributed by atoms with Crippen LogP contribution in [0.25, 0.3) is 0 Å². The summed E-state index contributed by atoms with van der Waals surface area (Å²) >= 11 is 0. The van der Waals surface area contributed by atoms with Crippen molar-refractivity contribution in [1.82, 2.24) is 15.5 Å². The van der Waals surface area contributed by atoms with E-state index in [0.717, 1.165) is 4.90 Å². The zero-order valence-corrected chi connectivity index (χ0v) is 14.3. The summed E-state index contributed by atoms with van der Waals surface area (Å²) in [5.41, 5.74) is 0.884. The molecular formula is C17H22N4O4.